The summed E-state index contributed by atoms with van der Waals surface area (Å²) in [5.41, 5.74) is 1.84. The van der Waals surface area contributed by atoms with Crippen molar-refractivity contribution in [3.63, 3.8) is 0 Å². The lowest BCUT2D eigenvalue weighted by Gasteiger charge is -2.28. The number of halogens is 2. The van der Waals surface area contributed by atoms with Crippen molar-refractivity contribution in [1.82, 2.24) is 0 Å². The van der Waals surface area contributed by atoms with Gasteiger partial charge in [-0.05, 0) is 86.2 Å². The molecule has 1 aromatic rings. The lowest BCUT2D eigenvalue weighted by atomic mass is 9.77. The molecule has 0 spiro atoms. The minimum Gasteiger partial charge on any atom is -0.205 e. The minimum absolute atomic E-state index is 0.162. The molecule has 2 fully saturated rings. The molecule has 174 valence electrons. The van der Waals surface area contributed by atoms with Gasteiger partial charge in [0, 0.05) is 0 Å². The first-order chi connectivity index (χ1) is 15.1. The Kier molecular flexibility index (Phi) is 10.4. The molecule has 1 aromatic carbocycles. The number of benzene rings is 1. The lowest BCUT2D eigenvalue weighted by Crippen LogP contribution is -2.14. The van der Waals surface area contributed by atoms with Gasteiger partial charge in [0.05, 0.1) is 5.02 Å². The summed E-state index contributed by atoms with van der Waals surface area (Å²) in [6, 6.07) is 4.10. The largest absolute Gasteiger partial charge is 0.205 e. The fourth-order valence-corrected chi connectivity index (χ4v) is 6.19. The van der Waals surface area contributed by atoms with E-state index in [-0.39, 0.29) is 5.82 Å². The Morgan fingerprint density at radius 3 is 2.32 bits per heavy atom. The molecule has 0 unspecified atom stereocenters. The first-order valence-corrected chi connectivity index (χ1v) is 13.6. The predicted octanol–water partition coefficient (Wildman–Crippen LogP) is 10.0. The molecule has 3 rings (SSSR count). The third-order valence-electron chi connectivity index (χ3n) is 8.15. The molecule has 0 radical (unpaired) electrons. The number of unbranched alkanes of at least 4 members (excludes halogenated alkanes) is 2. The fraction of sp³-hybridized carbons (Fsp3) is 0.724. The van der Waals surface area contributed by atoms with Crippen LogP contribution < -0.4 is 0 Å². The van der Waals surface area contributed by atoms with E-state index in [0.29, 0.717) is 16.9 Å². The average Bonchev–Trinajstić information content (AvgIpc) is 2.81. The van der Waals surface area contributed by atoms with E-state index in [9.17, 15) is 4.39 Å². The normalized spacial score (nSPS) is 27.1. The molecule has 2 saturated carbocycles. The molecule has 2 aliphatic rings. The predicted molar refractivity (Wildman–Crippen MR) is 133 cm³/mol. The van der Waals surface area contributed by atoms with E-state index in [2.05, 4.69) is 32.1 Å². The summed E-state index contributed by atoms with van der Waals surface area (Å²) in [6.07, 6.45) is 23.6. The summed E-state index contributed by atoms with van der Waals surface area (Å²) >= 11 is 6.49. The average molecular weight is 447 g/mol. The van der Waals surface area contributed by atoms with Crippen molar-refractivity contribution in [2.75, 3.05) is 0 Å². The molecule has 0 N–H and O–H groups in total. The number of aryl methyl sites for hydroxylation is 1. The van der Waals surface area contributed by atoms with E-state index < -0.39 is 0 Å². The summed E-state index contributed by atoms with van der Waals surface area (Å²) in [4.78, 5) is 0. The molecule has 2 heteroatoms. The van der Waals surface area contributed by atoms with Gasteiger partial charge in [0.1, 0.15) is 5.82 Å². The minimum atomic E-state index is -0.162. The monoisotopic (exact) mass is 446 g/mol. The van der Waals surface area contributed by atoms with Crippen LogP contribution in [0.25, 0.3) is 0 Å². The van der Waals surface area contributed by atoms with Gasteiger partial charge in [-0.3, -0.25) is 0 Å². The summed E-state index contributed by atoms with van der Waals surface area (Å²) in [6.45, 7) is 4.52. The zero-order chi connectivity index (χ0) is 22.1. The van der Waals surface area contributed by atoms with Crippen LogP contribution in [0.2, 0.25) is 5.02 Å². The van der Waals surface area contributed by atoms with Crippen LogP contribution in [-0.2, 0) is 6.42 Å². The molecule has 0 amide bonds. The van der Waals surface area contributed by atoms with Crippen LogP contribution in [0.15, 0.2) is 24.3 Å². The van der Waals surface area contributed by atoms with Crippen molar-refractivity contribution < 1.29 is 4.39 Å². The fourth-order valence-electron chi connectivity index (χ4n) is 5.85. The van der Waals surface area contributed by atoms with Crippen molar-refractivity contribution in [2.45, 2.75) is 116 Å². The van der Waals surface area contributed by atoms with E-state index in [1.807, 2.05) is 6.07 Å². The van der Waals surface area contributed by atoms with Crippen molar-refractivity contribution in [3.05, 3.63) is 46.3 Å². The van der Waals surface area contributed by atoms with Crippen LogP contribution in [0.4, 0.5) is 4.39 Å². The quantitative estimate of drug-likeness (QED) is 0.247. The highest BCUT2D eigenvalue weighted by Gasteiger charge is 2.24. The van der Waals surface area contributed by atoms with Crippen LogP contribution in [0, 0.1) is 23.6 Å². The van der Waals surface area contributed by atoms with Crippen molar-refractivity contribution in [2.24, 2.45) is 17.8 Å². The third-order valence-corrected chi connectivity index (χ3v) is 8.53. The molecule has 0 atom stereocenters. The van der Waals surface area contributed by atoms with Gasteiger partial charge in [0.15, 0.2) is 0 Å². The molecule has 0 nitrogen and oxygen atoms in total. The van der Waals surface area contributed by atoms with E-state index in [1.165, 1.54) is 57.8 Å². The molecule has 0 aromatic heterocycles. The molecule has 0 bridgehead atoms. The number of hydrogen-bond donors (Lipinski definition) is 0. The molecule has 0 heterocycles. The highest BCUT2D eigenvalue weighted by Crippen LogP contribution is 2.40. The van der Waals surface area contributed by atoms with Crippen molar-refractivity contribution in [1.29, 1.82) is 0 Å². The van der Waals surface area contributed by atoms with Gasteiger partial charge in [-0.15, -0.1) is 0 Å². The maximum absolute atomic E-state index is 14.8. The molecule has 31 heavy (non-hydrogen) atoms. The van der Waals surface area contributed by atoms with E-state index in [4.69, 9.17) is 11.6 Å². The number of hydrogen-bond acceptors (Lipinski definition) is 0. The second kappa shape index (κ2) is 13.0. The summed E-state index contributed by atoms with van der Waals surface area (Å²) in [5.74, 6) is 2.92. The van der Waals surface area contributed by atoms with Crippen LogP contribution in [0.1, 0.15) is 121 Å². The molecule has 2 aliphatic carbocycles. The third kappa shape index (κ3) is 7.34. The van der Waals surface area contributed by atoms with Crippen LogP contribution in [0.5, 0.6) is 0 Å². The Hall–Kier alpha value is -0.820. The molecule has 0 saturated heterocycles. The Balaban J connectivity index is 1.41. The van der Waals surface area contributed by atoms with Crippen molar-refractivity contribution in [3.8, 4) is 0 Å². The van der Waals surface area contributed by atoms with Gasteiger partial charge in [0.2, 0.25) is 0 Å². The highest BCUT2D eigenvalue weighted by molar-refractivity contribution is 6.31. The summed E-state index contributed by atoms with van der Waals surface area (Å²) < 4.78 is 14.8. The van der Waals surface area contributed by atoms with E-state index >= 15 is 0 Å². The first kappa shape index (κ1) is 24.8. The zero-order valence-corrected chi connectivity index (χ0v) is 20.7. The highest BCUT2D eigenvalue weighted by atomic mass is 35.5. The second-order valence-electron chi connectivity index (χ2n) is 10.3. The smallest absolute Gasteiger partial charge is 0.145 e. The Morgan fingerprint density at radius 1 is 0.935 bits per heavy atom. The Morgan fingerprint density at radius 2 is 1.65 bits per heavy atom. The van der Waals surface area contributed by atoms with Gasteiger partial charge >= 0.3 is 0 Å². The van der Waals surface area contributed by atoms with Gasteiger partial charge in [-0.2, -0.15) is 0 Å². The number of allylic oxidation sites excluding steroid dienone is 2. The van der Waals surface area contributed by atoms with Gasteiger partial charge < -0.3 is 0 Å². The first-order valence-electron chi connectivity index (χ1n) is 13.3. The number of rotatable bonds is 10. The van der Waals surface area contributed by atoms with Gasteiger partial charge in [0.25, 0.3) is 0 Å². The maximum Gasteiger partial charge on any atom is 0.145 e. The molecular formula is C29H44ClF. The van der Waals surface area contributed by atoms with Gasteiger partial charge in [-0.25, -0.2) is 4.39 Å². The topological polar surface area (TPSA) is 0 Å². The van der Waals surface area contributed by atoms with Crippen molar-refractivity contribution >= 4 is 11.6 Å². The summed E-state index contributed by atoms with van der Waals surface area (Å²) in [5, 5.41) is 0.394. The zero-order valence-electron chi connectivity index (χ0n) is 20.0. The van der Waals surface area contributed by atoms with Gasteiger partial charge in [-0.1, -0.05) is 94.7 Å². The van der Waals surface area contributed by atoms with Crippen LogP contribution in [0.3, 0.4) is 0 Å². The Bertz CT molecular complexity index is 678. The molecular weight excluding hydrogens is 403 g/mol. The van der Waals surface area contributed by atoms with Crippen LogP contribution in [-0.4, -0.2) is 0 Å². The van der Waals surface area contributed by atoms with E-state index in [1.54, 1.807) is 0 Å². The molecule has 0 aliphatic heterocycles. The van der Waals surface area contributed by atoms with Crippen LogP contribution >= 0.6 is 11.6 Å². The lowest BCUT2D eigenvalue weighted by molar-refractivity contribution is 0.259. The standard InChI is InChI=1S/C29H44ClF/c1-3-5-6-11-26-20-21-27(28(30)29(26)31)25-18-16-24(17-19-25)10-8-7-9-23-14-12-22(4-2)13-15-23/h8,10,20-25H,3-7,9,11-19H2,1-2H3/b10-8+. The summed E-state index contributed by atoms with van der Waals surface area (Å²) in [7, 11) is 0. The second-order valence-corrected chi connectivity index (χ2v) is 10.7. The Labute approximate surface area is 196 Å². The maximum atomic E-state index is 14.8. The SMILES string of the molecule is CCCCCc1ccc(C2CCC(/C=C/CCC3CCC(CC)CC3)CC2)c(Cl)c1F. The van der Waals surface area contributed by atoms with E-state index in [0.717, 1.165) is 61.5 Å².